The lowest BCUT2D eigenvalue weighted by atomic mass is 10.2. The molecule has 0 radical (unpaired) electrons. The lowest BCUT2D eigenvalue weighted by molar-refractivity contribution is -0.353. The maximum atomic E-state index is 10.1. The SMILES string of the molecule is CC(C)(C)OOC(Cl)C(=O)O. The molecule has 0 saturated heterocycles. The highest BCUT2D eigenvalue weighted by Gasteiger charge is 2.19. The average molecular weight is 183 g/mol. The van der Waals surface area contributed by atoms with Crippen LogP contribution in [0.3, 0.4) is 0 Å². The third kappa shape index (κ3) is 6.09. The van der Waals surface area contributed by atoms with Gasteiger partial charge < -0.3 is 5.11 Å². The molecular formula is C6H11ClO4. The summed E-state index contributed by atoms with van der Waals surface area (Å²) in [5.41, 5.74) is -2.00. The first-order valence-electron chi connectivity index (χ1n) is 3.04. The van der Waals surface area contributed by atoms with E-state index in [1.807, 2.05) is 0 Å². The zero-order chi connectivity index (χ0) is 9.07. The molecule has 0 bridgehead atoms. The fraction of sp³-hybridized carbons (Fsp3) is 0.833. The molecule has 0 fully saturated rings. The quantitative estimate of drug-likeness (QED) is 0.407. The van der Waals surface area contributed by atoms with Gasteiger partial charge in [0.15, 0.2) is 0 Å². The lowest BCUT2D eigenvalue weighted by Crippen LogP contribution is -2.25. The van der Waals surface area contributed by atoms with Gasteiger partial charge in [0.05, 0.1) is 5.60 Å². The van der Waals surface area contributed by atoms with Gasteiger partial charge in [0.1, 0.15) is 0 Å². The number of rotatable bonds is 3. The van der Waals surface area contributed by atoms with E-state index in [9.17, 15) is 4.79 Å². The number of halogens is 1. The van der Waals surface area contributed by atoms with E-state index < -0.39 is 17.1 Å². The Balaban J connectivity index is 3.63. The number of carbonyl (C=O) groups is 1. The Morgan fingerprint density at radius 3 is 2.27 bits per heavy atom. The topological polar surface area (TPSA) is 55.8 Å². The van der Waals surface area contributed by atoms with E-state index in [1.165, 1.54) is 0 Å². The Kier molecular flexibility index (Phi) is 3.78. The van der Waals surface area contributed by atoms with Crippen molar-refractivity contribution < 1.29 is 19.7 Å². The molecule has 11 heavy (non-hydrogen) atoms. The van der Waals surface area contributed by atoms with E-state index in [-0.39, 0.29) is 0 Å². The molecule has 0 spiro atoms. The molecule has 0 aliphatic heterocycles. The molecule has 5 heteroatoms. The summed E-state index contributed by atoms with van der Waals surface area (Å²) in [5, 5.41) is 8.24. The highest BCUT2D eigenvalue weighted by atomic mass is 35.5. The Morgan fingerprint density at radius 1 is 1.55 bits per heavy atom. The number of hydrogen-bond acceptors (Lipinski definition) is 3. The zero-order valence-electron chi connectivity index (χ0n) is 6.63. The van der Waals surface area contributed by atoms with Crippen LogP contribution in [0.5, 0.6) is 0 Å². The second kappa shape index (κ2) is 3.90. The summed E-state index contributed by atoms with van der Waals surface area (Å²) in [4.78, 5) is 19.1. The number of carboxylic acids is 1. The predicted molar refractivity (Wildman–Crippen MR) is 39.2 cm³/mol. The van der Waals surface area contributed by atoms with Crippen LogP contribution in [0.4, 0.5) is 0 Å². The van der Waals surface area contributed by atoms with Crippen LogP contribution in [0, 0.1) is 0 Å². The van der Waals surface area contributed by atoms with Gasteiger partial charge in [-0.2, -0.15) is 0 Å². The maximum absolute atomic E-state index is 10.1. The van der Waals surface area contributed by atoms with E-state index in [1.54, 1.807) is 20.8 Å². The van der Waals surface area contributed by atoms with Gasteiger partial charge in [-0.3, -0.25) is 0 Å². The summed E-state index contributed by atoms with van der Waals surface area (Å²) in [6.07, 6.45) is 0. The molecule has 0 aromatic carbocycles. The van der Waals surface area contributed by atoms with Crippen molar-refractivity contribution in [2.45, 2.75) is 31.9 Å². The third-order valence-electron chi connectivity index (χ3n) is 0.577. The van der Waals surface area contributed by atoms with Crippen molar-refractivity contribution in [1.82, 2.24) is 0 Å². The molecule has 0 aliphatic rings. The highest BCUT2D eigenvalue weighted by molar-refractivity contribution is 6.28. The first kappa shape index (κ1) is 10.7. The summed E-state index contributed by atoms with van der Waals surface area (Å²) >= 11 is 5.18. The van der Waals surface area contributed by atoms with Crippen molar-refractivity contribution in [1.29, 1.82) is 0 Å². The van der Waals surface area contributed by atoms with Crippen molar-refractivity contribution in [2.24, 2.45) is 0 Å². The van der Waals surface area contributed by atoms with Gasteiger partial charge in [-0.05, 0) is 20.8 Å². The Bertz CT molecular complexity index is 140. The van der Waals surface area contributed by atoms with Crippen LogP contribution >= 0.6 is 11.6 Å². The largest absolute Gasteiger partial charge is 0.478 e. The standard InChI is InChI=1S/C6H11ClO4/c1-6(2,3)11-10-4(7)5(8)9/h4H,1-3H3,(H,8,9). The van der Waals surface area contributed by atoms with Crippen LogP contribution in [0.1, 0.15) is 20.8 Å². The summed E-state index contributed by atoms with van der Waals surface area (Å²) in [7, 11) is 0. The number of hydrogen-bond donors (Lipinski definition) is 1. The van der Waals surface area contributed by atoms with Crippen molar-refractivity contribution in [3.05, 3.63) is 0 Å². The van der Waals surface area contributed by atoms with E-state index in [0.717, 1.165) is 0 Å². The second-order valence-electron chi connectivity index (χ2n) is 2.95. The lowest BCUT2D eigenvalue weighted by Gasteiger charge is -2.18. The molecule has 1 atom stereocenters. The van der Waals surface area contributed by atoms with E-state index >= 15 is 0 Å². The summed E-state index contributed by atoms with van der Waals surface area (Å²) < 4.78 is 0. The Hall–Kier alpha value is -0.320. The van der Waals surface area contributed by atoms with Crippen LogP contribution in [0.2, 0.25) is 0 Å². The zero-order valence-corrected chi connectivity index (χ0v) is 7.38. The molecule has 0 saturated carbocycles. The van der Waals surface area contributed by atoms with Gasteiger partial charge in [-0.15, -0.1) is 0 Å². The monoisotopic (exact) mass is 182 g/mol. The number of alkyl halides is 1. The van der Waals surface area contributed by atoms with Gasteiger partial charge in [-0.1, -0.05) is 11.6 Å². The molecule has 0 heterocycles. The summed E-state index contributed by atoms with van der Waals surface area (Å²) in [6.45, 7) is 5.16. The maximum Gasteiger partial charge on any atom is 0.351 e. The van der Waals surface area contributed by atoms with Gasteiger partial charge >= 0.3 is 5.97 Å². The van der Waals surface area contributed by atoms with Crippen LogP contribution in [0.15, 0.2) is 0 Å². The van der Waals surface area contributed by atoms with Gasteiger partial charge in [0.25, 0.3) is 5.56 Å². The predicted octanol–water partition coefficient (Wildman–Crippen LogP) is 1.38. The van der Waals surface area contributed by atoms with Crippen LogP contribution in [-0.4, -0.2) is 22.2 Å². The smallest absolute Gasteiger partial charge is 0.351 e. The first-order valence-corrected chi connectivity index (χ1v) is 3.48. The van der Waals surface area contributed by atoms with Crippen molar-refractivity contribution in [3.8, 4) is 0 Å². The molecule has 0 rings (SSSR count). The molecule has 1 N–H and O–H groups in total. The van der Waals surface area contributed by atoms with Crippen molar-refractivity contribution in [3.63, 3.8) is 0 Å². The van der Waals surface area contributed by atoms with E-state index in [0.29, 0.717) is 0 Å². The number of carboxylic acid groups (broad SMARTS) is 1. The van der Waals surface area contributed by atoms with Gasteiger partial charge in [0, 0.05) is 0 Å². The summed E-state index contributed by atoms with van der Waals surface area (Å²) in [5.74, 6) is -1.27. The fourth-order valence-electron chi connectivity index (χ4n) is 0.228. The van der Waals surface area contributed by atoms with Gasteiger partial charge in [-0.25, -0.2) is 14.6 Å². The Labute approximate surface area is 70.0 Å². The van der Waals surface area contributed by atoms with Crippen LogP contribution < -0.4 is 0 Å². The molecule has 4 nitrogen and oxygen atoms in total. The minimum atomic E-state index is -1.45. The molecule has 0 aliphatic carbocycles. The molecule has 66 valence electrons. The van der Waals surface area contributed by atoms with E-state index in [4.69, 9.17) is 16.7 Å². The molecular weight excluding hydrogens is 172 g/mol. The van der Waals surface area contributed by atoms with Crippen LogP contribution in [-0.2, 0) is 14.6 Å². The number of aliphatic carboxylic acids is 1. The van der Waals surface area contributed by atoms with Crippen LogP contribution in [0.25, 0.3) is 0 Å². The van der Waals surface area contributed by atoms with Crippen molar-refractivity contribution >= 4 is 17.6 Å². The Morgan fingerprint density at radius 2 is 2.00 bits per heavy atom. The van der Waals surface area contributed by atoms with Crippen molar-refractivity contribution in [2.75, 3.05) is 0 Å². The minimum absolute atomic E-state index is 0.553. The second-order valence-corrected chi connectivity index (χ2v) is 3.34. The third-order valence-corrected chi connectivity index (χ3v) is 0.836. The molecule has 1 unspecified atom stereocenters. The first-order chi connectivity index (χ1) is 4.83. The molecule has 0 amide bonds. The highest BCUT2D eigenvalue weighted by Crippen LogP contribution is 2.10. The minimum Gasteiger partial charge on any atom is -0.478 e. The summed E-state index contributed by atoms with van der Waals surface area (Å²) in [6, 6.07) is 0. The van der Waals surface area contributed by atoms with Gasteiger partial charge in [0.2, 0.25) is 0 Å². The molecule has 0 aromatic heterocycles. The normalized spacial score (nSPS) is 14.5. The van der Waals surface area contributed by atoms with E-state index in [2.05, 4.69) is 9.78 Å². The molecule has 0 aromatic rings. The fourth-order valence-corrected chi connectivity index (χ4v) is 0.264. The average Bonchev–Trinajstić information content (AvgIpc) is 1.80.